The summed E-state index contributed by atoms with van der Waals surface area (Å²) in [5.41, 5.74) is 0.495. The highest BCUT2D eigenvalue weighted by Gasteiger charge is 2.30. The molecule has 0 bridgehead atoms. The number of ether oxygens (including phenoxy) is 1. The molecule has 1 saturated heterocycles. The number of carbonyl (C=O) groups is 2. The molecule has 138 valence electrons. The molecule has 0 aliphatic carbocycles. The first-order valence-electron chi connectivity index (χ1n) is 8.85. The van der Waals surface area contributed by atoms with Gasteiger partial charge in [-0.1, -0.05) is 25.4 Å². The Morgan fingerprint density at radius 3 is 2.52 bits per heavy atom. The van der Waals surface area contributed by atoms with Gasteiger partial charge in [-0.3, -0.25) is 9.59 Å². The highest BCUT2D eigenvalue weighted by atomic mass is 35.5. The molecule has 1 aromatic carbocycles. The van der Waals surface area contributed by atoms with Crippen molar-refractivity contribution in [2.24, 2.45) is 11.8 Å². The predicted octanol–water partition coefficient (Wildman–Crippen LogP) is 2.98. The number of hydrogen-bond donors (Lipinski definition) is 1. The summed E-state index contributed by atoms with van der Waals surface area (Å²) in [6.45, 7) is 8.61. The molecule has 1 fully saturated rings. The Morgan fingerprint density at radius 1 is 1.32 bits per heavy atom. The highest BCUT2D eigenvalue weighted by molar-refractivity contribution is 6.30. The third-order valence-electron chi connectivity index (χ3n) is 4.52. The number of likely N-dealkylation sites (N-methyl/N-ethyl adjacent to an activating group) is 1. The standard InChI is InChI=1S/C19H27ClN2O3/c1-4-22(11-14-9-10-25-12-14)19(24)17(13(2)3)21-18(23)15-5-7-16(20)8-6-15/h5-8,13-14,17H,4,9-12H2,1-3H3,(H,21,23)/t14-,17-/m1/s1. The molecular formula is C19H27ClN2O3. The lowest BCUT2D eigenvalue weighted by Crippen LogP contribution is -2.52. The van der Waals surface area contributed by atoms with E-state index in [1.807, 2.05) is 25.7 Å². The second kappa shape index (κ2) is 9.20. The Labute approximate surface area is 154 Å². The fourth-order valence-corrected chi connectivity index (χ4v) is 3.08. The number of carbonyl (C=O) groups excluding carboxylic acids is 2. The Hall–Kier alpha value is -1.59. The van der Waals surface area contributed by atoms with Gasteiger partial charge in [0, 0.05) is 36.2 Å². The summed E-state index contributed by atoms with van der Waals surface area (Å²) in [5, 5.41) is 3.46. The van der Waals surface area contributed by atoms with Gasteiger partial charge in [0.1, 0.15) is 6.04 Å². The molecular weight excluding hydrogens is 340 g/mol. The van der Waals surface area contributed by atoms with E-state index in [9.17, 15) is 9.59 Å². The van der Waals surface area contributed by atoms with E-state index < -0.39 is 6.04 Å². The summed E-state index contributed by atoms with van der Waals surface area (Å²) < 4.78 is 5.40. The lowest BCUT2D eigenvalue weighted by Gasteiger charge is -2.30. The van der Waals surface area contributed by atoms with Crippen molar-refractivity contribution in [2.45, 2.75) is 33.2 Å². The van der Waals surface area contributed by atoms with Crippen molar-refractivity contribution >= 4 is 23.4 Å². The van der Waals surface area contributed by atoms with Crippen molar-refractivity contribution in [1.29, 1.82) is 0 Å². The number of nitrogens with one attached hydrogen (secondary N) is 1. The molecule has 0 saturated carbocycles. The van der Waals surface area contributed by atoms with Gasteiger partial charge in [-0.05, 0) is 43.5 Å². The van der Waals surface area contributed by atoms with Gasteiger partial charge in [-0.15, -0.1) is 0 Å². The average Bonchev–Trinajstić information content (AvgIpc) is 3.10. The summed E-state index contributed by atoms with van der Waals surface area (Å²) in [4.78, 5) is 27.3. The van der Waals surface area contributed by atoms with Crippen LogP contribution >= 0.6 is 11.6 Å². The summed E-state index contributed by atoms with van der Waals surface area (Å²) in [6.07, 6.45) is 0.979. The topological polar surface area (TPSA) is 58.6 Å². The molecule has 6 heteroatoms. The first kappa shape index (κ1) is 19.7. The normalized spacial score (nSPS) is 18.2. The molecule has 25 heavy (non-hydrogen) atoms. The van der Waals surface area contributed by atoms with Crippen LogP contribution in [0.2, 0.25) is 5.02 Å². The van der Waals surface area contributed by atoms with Crippen molar-refractivity contribution in [1.82, 2.24) is 10.2 Å². The number of rotatable bonds is 7. The van der Waals surface area contributed by atoms with Gasteiger partial charge < -0.3 is 15.0 Å². The third kappa shape index (κ3) is 5.44. The van der Waals surface area contributed by atoms with Crippen LogP contribution in [0.1, 0.15) is 37.6 Å². The summed E-state index contributed by atoms with van der Waals surface area (Å²) >= 11 is 5.86. The van der Waals surface area contributed by atoms with Gasteiger partial charge in [-0.2, -0.15) is 0 Å². The van der Waals surface area contributed by atoms with E-state index in [2.05, 4.69) is 5.32 Å². The van der Waals surface area contributed by atoms with Gasteiger partial charge in [0.05, 0.1) is 6.61 Å². The van der Waals surface area contributed by atoms with E-state index in [1.54, 1.807) is 24.3 Å². The number of hydrogen-bond acceptors (Lipinski definition) is 3. The highest BCUT2D eigenvalue weighted by Crippen LogP contribution is 2.16. The van der Waals surface area contributed by atoms with Crippen LogP contribution in [0, 0.1) is 11.8 Å². The maximum Gasteiger partial charge on any atom is 0.251 e. The van der Waals surface area contributed by atoms with Crippen LogP contribution in [0.25, 0.3) is 0 Å². The summed E-state index contributed by atoms with van der Waals surface area (Å²) in [7, 11) is 0. The van der Waals surface area contributed by atoms with E-state index >= 15 is 0 Å². The number of amides is 2. The molecule has 2 amide bonds. The molecule has 0 radical (unpaired) electrons. The predicted molar refractivity (Wildman–Crippen MR) is 98.7 cm³/mol. The van der Waals surface area contributed by atoms with E-state index in [1.165, 1.54) is 0 Å². The minimum absolute atomic E-state index is 0.00220. The Morgan fingerprint density at radius 2 is 2.00 bits per heavy atom. The van der Waals surface area contributed by atoms with Gasteiger partial charge in [0.15, 0.2) is 0 Å². The summed E-state index contributed by atoms with van der Waals surface area (Å²) in [5.74, 6) is 0.0805. The largest absolute Gasteiger partial charge is 0.381 e. The van der Waals surface area contributed by atoms with E-state index in [4.69, 9.17) is 16.3 Å². The van der Waals surface area contributed by atoms with Crippen LogP contribution in [0.4, 0.5) is 0 Å². The molecule has 1 aliphatic heterocycles. The van der Waals surface area contributed by atoms with E-state index in [0.717, 1.165) is 13.0 Å². The maximum atomic E-state index is 13.0. The average molecular weight is 367 g/mol. The van der Waals surface area contributed by atoms with Crippen LogP contribution in [-0.2, 0) is 9.53 Å². The summed E-state index contributed by atoms with van der Waals surface area (Å²) in [6, 6.07) is 6.10. The Bertz CT molecular complexity index is 583. The van der Waals surface area contributed by atoms with Crippen LogP contribution in [-0.4, -0.2) is 49.1 Å². The van der Waals surface area contributed by atoms with Crippen molar-refractivity contribution in [3.63, 3.8) is 0 Å². The first-order valence-corrected chi connectivity index (χ1v) is 9.23. The van der Waals surface area contributed by atoms with Crippen LogP contribution in [0.3, 0.4) is 0 Å². The fourth-order valence-electron chi connectivity index (χ4n) is 2.95. The van der Waals surface area contributed by atoms with Crippen LogP contribution < -0.4 is 5.32 Å². The maximum absolute atomic E-state index is 13.0. The lowest BCUT2D eigenvalue weighted by molar-refractivity contribution is -0.134. The molecule has 5 nitrogen and oxygen atoms in total. The molecule has 1 aliphatic rings. The molecule has 0 unspecified atom stereocenters. The molecule has 2 atom stereocenters. The second-order valence-electron chi connectivity index (χ2n) is 6.81. The lowest BCUT2D eigenvalue weighted by atomic mass is 10.0. The minimum Gasteiger partial charge on any atom is -0.381 e. The quantitative estimate of drug-likeness (QED) is 0.807. The van der Waals surface area contributed by atoms with Gasteiger partial charge in [0.2, 0.25) is 5.91 Å². The molecule has 0 spiro atoms. The van der Waals surface area contributed by atoms with Gasteiger partial charge >= 0.3 is 0 Å². The Balaban J connectivity index is 2.05. The molecule has 1 heterocycles. The minimum atomic E-state index is -0.551. The van der Waals surface area contributed by atoms with Crippen LogP contribution in [0.5, 0.6) is 0 Å². The Kier molecular flexibility index (Phi) is 7.26. The van der Waals surface area contributed by atoms with Crippen molar-refractivity contribution in [3.05, 3.63) is 34.9 Å². The zero-order valence-corrected chi connectivity index (χ0v) is 15.9. The van der Waals surface area contributed by atoms with Crippen molar-refractivity contribution in [2.75, 3.05) is 26.3 Å². The van der Waals surface area contributed by atoms with E-state index in [-0.39, 0.29) is 17.7 Å². The van der Waals surface area contributed by atoms with Gasteiger partial charge in [-0.25, -0.2) is 0 Å². The SMILES string of the molecule is CCN(C[C@H]1CCOC1)C(=O)[C@H](NC(=O)c1ccc(Cl)cc1)C(C)C. The fraction of sp³-hybridized carbons (Fsp3) is 0.579. The van der Waals surface area contributed by atoms with Crippen LogP contribution in [0.15, 0.2) is 24.3 Å². The first-order chi connectivity index (χ1) is 11.9. The van der Waals surface area contributed by atoms with Gasteiger partial charge in [0.25, 0.3) is 5.91 Å². The smallest absolute Gasteiger partial charge is 0.251 e. The number of halogens is 1. The van der Waals surface area contributed by atoms with Crippen molar-refractivity contribution in [3.8, 4) is 0 Å². The monoisotopic (exact) mass is 366 g/mol. The molecule has 1 aromatic rings. The van der Waals surface area contributed by atoms with Crippen molar-refractivity contribution < 1.29 is 14.3 Å². The zero-order valence-electron chi connectivity index (χ0n) is 15.1. The zero-order chi connectivity index (χ0) is 18.4. The third-order valence-corrected chi connectivity index (χ3v) is 4.77. The number of benzene rings is 1. The van der Waals surface area contributed by atoms with E-state index in [0.29, 0.717) is 36.2 Å². The number of nitrogens with zero attached hydrogens (tertiary/aromatic N) is 1. The second-order valence-corrected chi connectivity index (χ2v) is 7.24. The molecule has 0 aromatic heterocycles. The molecule has 1 N–H and O–H groups in total. The molecule has 2 rings (SSSR count).